The number of amides is 1. The molecule has 2 aliphatic rings. The highest BCUT2D eigenvalue weighted by Crippen LogP contribution is 2.38. The van der Waals surface area contributed by atoms with Gasteiger partial charge in [0.15, 0.2) is 0 Å². The Hall–Kier alpha value is -3.27. The molecule has 0 bridgehead atoms. The fraction of sp³-hybridized carbons (Fsp3) is 0.516. The molecule has 9 heteroatoms. The highest BCUT2D eigenvalue weighted by molar-refractivity contribution is 5.86. The number of carbonyl (C=O) groups is 2. The summed E-state index contributed by atoms with van der Waals surface area (Å²) in [5.41, 5.74) is 4.96. The maximum atomic E-state index is 13.1. The third-order valence-electron chi connectivity index (χ3n) is 8.29. The quantitative estimate of drug-likeness (QED) is 0.409. The number of aryl methyl sites for hydroxylation is 1. The number of nitrogens with zero attached hydrogens (tertiary/aromatic N) is 3. The number of aromatic nitrogens is 2. The number of aromatic amines is 1. The average Bonchev–Trinajstić information content (AvgIpc) is 3.33. The van der Waals surface area contributed by atoms with Crippen LogP contribution < -0.4 is 0 Å². The minimum Gasteiger partial charge on any atom is -0.481 e. The van der Waals surface area contributed by atoms with Gasteiger partial charge in [-0.3, -0.25) is 14.5 Å². The molecule has 0 unspecified atom stereocenters. The molecule has 214 valence electrons. The number of pyridine rings is 1. The number of ether oxygens (including phenoxy) is 1. The van der Waals surface area contributed by atoms with Crippen LogP contribution in [0.2, 0.25) is 0 Å². The molecule has 0 aliphatic carbocycles. The minimum atomic E-state index is -1.46. The van der Waals surface area contributed by atoms with Crippen LogP contribution in [0.4, 0.5) is 0 Å². The van der Waals surface area contributed by atoms with E-state index in [2.05, 4.69) is 40.0 Å². The zero-order valence-corrected chi connectivity index (χ0v) is 24.1. The molecule has 0 saturated carbocycles. The number of carbonyl (C=O) groups excluding carboxylic acids is 1. The standard InChI is InChI=1S/C31H40N4O5/c1-6-19-14-32-27-23(19)13-22(15-33-27)21-11-20-7-8-34(28(36)31(4,5)39)16-25(20)24(12-21)26-17-40-10-9-35(26)18-30(2,3)29(37)38/h11-15,26,39H,6-10,16-18H2,1-5H3,(H,32,33)(H,37,38)/t26-/m0/s1. The van der Waals surface area contributed by atoms with E-state index in [0.29, 0.717) is 45.8 Å². The molecule has 40 heavy (non-hydrogen) atoms. The summed E-state index contributed by atoms with van der Waals surface area (Å²) in [5, 5.41) is 21.4. The molecule has 1 amide bonds. The van der Waals surface area contributed by atoms with Crippen LogP contribution in [0.3, 0.4) is 0 Å². The van der Waals surface area contributed by atoms with Gasteiger partial charge in [-0.05, 0) is 80.5 Å². The molecule has 2 aromatic heterocycles. The van der Waals surface area contributed by atoms with Crippen molar-refractivity contribution in [1.82, 2.24) is 19.8 Å². The number of carboxylic acids is 1. The Bertz CT molecular complexity index is 1440. The van der Waals surface area contributed by atoms with Crippen molar-refractivity contribution in [3.05, 3.63) is 52.8 Å². The van der Waals surface area contributed by atoms with Crippen molar-refractivity contribution in [3.63, 3.8) is 0 Å². The summed E-state index contributed by atoms with van der Waals surface area (Å²) in [7, 11) is 0. The van der Waals surface area contributed by atoms with Crippen molar-refractivity contribution >= 4 is 22.9 Å². The maximum Gasteiger partial charge on any atom is 0.310 e. The van der Waals surface area contributed by atoms with E-state index in [4.69, 9.17) is 4.74 Å². The predicted molar refractivity (Wildman–Crippen MR) is 153 cm³/mol. The zero-order chi connectivity index (χ0) is 28.8. The van der Waals surface area contributed by atoms with Gasteiger partial charge >= 0.3 is 5.97 Å². The third-order valence-corrected chi connectivity index (χ3v) is 8.29. The summed E-state index contributed by atoms with van der Waals surface area (Å²) in [6.45, 7) is 11.5. The number of rotatable bonds is 7. The van der Waals surface area contributed by atoms with Gasteiger partial charge in [0, 0.05) is 49.5 Å². The number of morpholine rings is 1. The van der Waals surface area contributed by atoms with E-state index in [-0.39, 0.29) is 11.9 Å². The molecule has 0 spiro atoms. The molecular weight excluding hydrogens is 508 g/mol. The lowest BCUT2D eigenvalue weighted by Crippen LogP contribution is -2.49. The van der Waals surface area contributed by atoms with Crippen molar-refractivity contribution < 1.29 is 24.5 Å². The topological polar surface area (TPSA) is 119 Å². The van der Waals surface area contributed by atoms with Gasteiger partial charge in [0.25, 0.3) is 5.91 Å². The van der Waals surface area contributed by atoms with Crippen LogP contribution in [0.1, 0.15) is 62.9 Å². The van der Waals surface area contributed by atoms with Crippen molar-refractivity contribution in [1.29, 1.82) is 0 Å². The monoisotopic (exact) mass is 548 g/mol. The predicted octanol–water partition coefficient (Wildman–Crippen LogP) is 3.93. The number of nitrogens with one attached hydrogen (secondary N) is 1. The summed E-state index contributed by atoms with van der Waals surface area (Å²) in [6, 6.07) is 6.37. The van der Waals surface area contributed by atoms with E-state index in [1.165, 1.54) is 19.4 Å². The van der Waals surface area contributed by atoms with Crippen molar-refractivity contribution in [2.45, 2.75) is 65.6 Å². The first-order valence-electron chi connectivity index (χ1n) is 14.1. The number of fused-ring (bicyclic) bond motifs is 2. The number of hydrogen-bond donors (Lipinski definition) is 3. The van der Waals surface area contributed by atoms with Crippen LogP contribution in [0.5, 0.6) is 0 Å². The molecule has 4 heterocycles. The number of benzene rings is 1. The second-order valence-electron chi connectivity index (χ2n) is 12.3. The third kappa shape index (κ3) is 5.38. The van der Waals surface area contributed by atoms with Crippen molar-refractivity contribution in [2.24, 2.45) is 5.41 Å². The Morgan fingerprint density at radius 2 is 1.93 bits per heavy atom. The zero-order valence-electron chi connectivity index (χ0n) is 24.1. The summed E-state index contributed by atoms with van der Waals surface area (Å²) in [6.07, 6.45) is 5.46. The number of carboxylic acid groups (broad SMARTS) is 1. The first-order chi connectivity index (χ1) is 18.9. The second-order valence-corrected chi connectivity index (χ2v) is 12.3. The van der Waals surface area contributed by atoms with Gasteiger partial charge in [-0.25, -0.2) is 4.98 Å². The SMILES string of the molecule is CCc1c[nH]c2ncc(-c3cc4c(c([C@@H]5COCCN5CC(C)(C)C(=O)O)c3)CN(C(=O)C(C)(C)O)CC4)cc12. The minimum absolute atomic E-state index is 0.173. The van der Waals surface area contributed by atoms with Gasteiger partial charge in [-0.2, -0.15) is 0 Å². The molecule has 1 atom stereocenters. The molecule has 2 aliphatic heterocycles. The number of H-pyrrole nitrogens is 1. The summed E-state index contributed by atoms with van der Waals surface area (Å²) in [4.78, 5) is 37.0. The van der Waals surface area contributed by atoms with Gasteiger partial charge in [0.1, 0.15) is 11.2 Å². The average molecular weight is 549 g/mol. The van der Waals surface area contributed by atoms with Crippen LogP contribution in [-0.4, -0.2) is 80.3 Å². The summed E-state index contributed by atoms with van der Waals surface area (Å²) in [5.74, 6) is -1.14. The Kier molecular flexibility index (Phi) is 7.50. The molecule has 1 saturated heterocycles. The molecule has 1 aromatic carbocycles. The van der Waals surface area contributed by atoms with Crippen LogP contribution >= 0.6 is 0 Å². The first kappa shape index (κ1) is 28.3. The molecular formula is C31H40N4O5. The lowest BCUT2D eigenvalue weighted by atomic mass is 9.85. The number of hydrogen-bond acceptors (Lipinski definition) is 6. The largest absolute Gasteiger partial charge is 0.481 e. The Morgan fingerprint density at radius 3 is 2.62 bits per heavy atom. The molecule has 0 radical (unpaired) electrons. The van der Waals surface area contributed by atoms with Crippen molar-refractivity contribution in [3.8, 4) is 11.1 Å². The second kappa shape index (κ2) is 10.6. The fourth-order valence-corrected chi connectivity index (χ4v) is 5.92. The van der Waals surface area contributed by atoms with Crippen LogP contribution in [0, 0.1) is 5.41 Å². The lowest BCUT2D eigenvalue weighted by Gasteiger charge is -2.42. The fourth-order valence-electron chi connectivity index (χ4n) is 5.92. The number of aliphatic hydroxyl groups is 1. The molecule has 9 nitrogen and oxygen atoms in total. The molecule has 5 rings (SSSR count). The van der Waals surface area contributed by atoms with Crippen LogP contribution in [0.25, 0.3) is 22.2 Å². The Morgan fingerprint density at radius 1 is 1.15 bits per heavy atom. The molecule has 3 N–H and O–H groups in total. The molecule has 1 fully saturated rings. The smallest absolute Gasteiger partial charge is 0.310 e. The van der Waals surface area contributed by atoms with Gasteiger partial charge in [0.2, 0.25) is 0 Å². The van der Waals surface area contributed by atoms with Gasteiger partial charge in [0.05, 0.1) is 24.7 Å². The van der Waals surface area contributed by atoms with Crippen LogP contribution in [0.15, 0.2) is 30.6 Å². The Labute approximate surface area is 235 Å². The summed E-state index contributed by atoms with van der Waals surface area (Å²) < 4.78 is 5.96. The van der Waals surface area contributed by atoms with Gasteiger partial charge < -0.3 is 24.8 Å². The van der Waals surface area contributed by atoms with Gasteiger partial charge in [-0.1, -0.05) is 13.0 Å². The van der Waals surface area contributed by atoms with E-state index in [1.54, 1.807) is 18.7 Å². The van der Waals surface area contributed by atoms with E-state index >= 15 is 0 Å². The van der Waals surface area contributed by atoms with E-state index in [0.717, 1.165) is 45.3 Å². The highest BCUT2D eigenvalue weighted by Gasteiger charge is 2.38. The first-order valence-corrected chi connectivity index (χ1v) is 14.1. The molecule has 3 aromatic rings. The van der Waals surface area contributed by atoms with E-state index < -0.39 is 17.0 Å². The normalized spacial score (nSPS) is 18.6. The lowest BCUT2D eigenvalue weighted by molar-refractivity contribution is -0.150. The Balaban J connectivity index is 1.62. The maximum absolute atomic E-state index is 13.1. The van der Waals surface area contributed by atoms with Crippen LogP contribution in [-0.2, 0) is 33.7 Å². The number of aliphatic carboxylic acids is 1. The van der Waals surface area contributed by atoms with E-state index in [1.807, 2.05) is 12.4 Å². The highest BCUT2D eigenvalue weighted by atomic mass is 16.5. The van der Waals surface area contributed by atoms with Gasteiger partial charge in [-0.15, -0.1) is 0 Å². The van der Waals surface area contributed by atoms with E-state index in [9.17, 15) is 19.8 Å². The van der Waals surface area contributed by atoms with Crippen molar-refractivity contribution in [2.75, 3.05) is 32.8 Å². The summed E-state index contributed by atoms with van der Waals surface area (Å²) >= 11 is 0.